The van der Waals surface area contributed by atoms with Gasteiger partial charge in [0.2, 0.25) is 0 Å². The lowest BCUT2D eigenvalue weighted by molar-refractivity contribution is 0.421. The van der Waals surface area contributed by atoms with Crippen LogP contribution in [0.5, 0.6) is 0 Å². The SMILES string of the molecule is CN(C)CCN=CCC(N)=Nc1ncc2c(n1)-c1c(nn(C)c1-c1ccc(F)cc1)CC2. The molecule has 0 amide bonds. The summed E-state index contributed by atoms with van der Waals surface area (Å²) >= 11 is 0. The number of rotatable bonds is 7. The lowest BCUT2D eigenvalue weighted by Gasteiger charge is -2.16. The molecule has 32 heavy (non-hydrogen) atoms. The Morgan fingerprint density at radius 3 is 2.78 bits per heavy atom. The number of aromatic nitrogens is 4. The van der Waals surface area contributed by atoms with Crippen molar-refractivity contribution in [3.05, 3.63) is 47.5 Å². The average molecular weight is 435 g/mol. The maximum absolute atomic E-state index is 13.5. The van der Waals surface area contributed by atoms with Gasteiger partial charge in [-0.25, -0.2) is 14.4 Å². The molecule has 4 rings (SSSR count). The molecule has 0 saturated carbocycles. The van der Waals surface area contributed by atoms with Gasteiger partial charge >= 0.3 is 0 Å². The topological polar surface area (TPSA) is 97.6 Å². The number of nitrogens with two attached hydrogens (primary N) is 1. The normalized spacial score (nSPS) is 13.6. The molecule has 0 bridgehead atoms. The number of nitrogens with zero attached hydrogens (tertiary/aromatic N) is 7. The minimum atomic E-state index is -0.273. The Kier molecular flexibility index (Phi) is 6.36. The lowest BCUT2D eigenvalue weighted by atomic mass is 9.91. The van der Waals surface area contributed by atoms with Crippen LogP contribution in [0.1, 0.15) is 17.7 Å². The maximum atomic E-state index is 13.5. The highest BCUT2D eigenvalue weighted by atomic mass is 19.1. The molecule has 166 valence electrons. The van der Waals surface area contributed by atoms with E-state index in [1.807, 2.05) is 32.0 Å². The Bertz CT molecular complexity index is 1160. The Hall–Kier alpha value is -3.46. The summed E-state index contributed by atoms with van der Waals surface area (Å²) in [4.78, 5) is 19.9. The standard InChI is InChI=1S/C23H27FN8/c1-31(2)13-12-26-11-10-19(25)28-23-27-14-16-6-9-18-20(21(16)29-23)22(32(3)30-18)15-4-7-17(24)8-5-15/h4-5,7-8,11,14H,6,9-10,12-13H2,1-3H3,(H2,25,27,28,29). The molecule has 3 aromatic rings. The van der Waals surface area contributed by atoms with E-state index in [-0.39, 0.29) is 5.82 Å². The zero-order valence-electron chi connectivity index (χ0n) is 18.6. The van der Waals surface area contributed by atoms with Crippen molar-refractivity contribution in [1.82, 2.24) is 24.6 Å². The number of halogens is 1. The van der Waals surface area contributed by atoms with Crippen molar-refractivity contribution in [3.63, 3.8) is 0 Å². The van der Waals surface area contributed by atoms with Crippen LogP contribution in [-0.4, -0.2) is 63.9 Å². The fraction of sp³-hybridized carbons (Fsp3) is 0.348. The van der Waals surface area contributed by atoms with E-state index < -0.39 is 0 Å². The quantitative estimate of drug-likeness (QED) is 0.456. The van der Waals surface area contributed by atoms with E-state index >= 15 is 0 Å². The molecule has 0 saturated heterocycles. The molecule has 0 atom stereocenters. The fourth-order valence-electron chi connectivity index (χ4n) is 3.73. The second kappa shape index (κ2) is 9.35. The van der Waals surface area contributed by atoms with Gasteiger partial charge in [-0.15, -0.1) is 0 Å². The maximum Gasteiger partial charge on any atom is 0.251 e. The van der Waals surface area contributed by atoms with Gasteiger partial charge in [0.1, 0.15) is 11.7 Å². The molecule has 2 aromatic heterocycles. The van der Waals surface area contributed by atoms with Gasteiger partial charge in [-0.1, -0.05) is 0 Å². The molecule has 9 heteroatoms. The van der Waals surface area contributed by atoms with Crippen LogP contribution in [0.3, 0.4) is 0 Å². The summed E-state index contributed by atoms with van der Waals surface area (Å²) < 4.78 is 15.3. The molecule has 0 unspecified atom stereocenters. The number of aliphatic imine (C=N–C) groups is 2. The van der Waals surface area contributed by atoms with Crippen molar-refractivity contribution in [2.45, 2.75) is 19.3 Å². The Labute approximate surface area is 186 Å². The van der Waals surface area contributed by atoms with Gasteiger partial charge in [-0.05, 0) is 56.8 Å². The average Bonchev–Trinajstić information content (AvgIpc) is 3.10. The smallest absolute Gasteiger partial charge is 0.251 e. The third kappa shape index (κ3) is 4.72. The fourth-order valence-corrected chi connectivity index (χ4v) is 3.73. The van der Waals surface area contributed by atoms with Crippen LogP contribution in [-0.2, 0) is 19.9 Å². The van der Waals surface area contributed by atoms with Crippen molar-refractivity contribution >= 4 is 18.0 Å². The zero-order chi connectivity index (χ0) is 22.7. The van der Waals surface area contributed by atoms with Crippen molar-refractivity contribution in [1.29, 1.82) is 0 Å². The van der Waals surface area contributed by atoms with Crippen molar-refractivity contribution in [2.75, 3.05) is 27.2 Å². The number of hydrogen-bond donors (Lipinski definition) is 1. The number of hydrogen-bond acceptors (Lipinski definition) is 6. The van der Waals surface area contributed by atoms with Crippen LogP contribution in [0.4, 0.5) is 10.3 Å². The molecule has 2 heterocycles. The Morgan fingerprint density at radius 2 is 2.03 bits per heavy atom. The van der Waals surface area contributed by atoms with E-state index in [2.05, 4.69) is 19.9 Å². The molecule has 1 aliphatic carbocycles. The van der Waals surface area contributed by atoms with Crippen molar-refractivity contribution < 1.29 is 4.39 Å². The lowest BCUT2D eigenvalue weighted by Crippen LogP contribution is -2.16. The van der Waals surface area contributed by atoms with Crippen LogP contribution >= 0.6 is 0 Å². The summed E-state index contributed by atoms with van der Waals surface area (Å²) in [6.07, 6.45) is 5.62. The number of amidine groups is 1. The summed E-state index contributed by atoms with van der Waals surface area (Å²) in [5.74, 6) is 0.439. The van der Waals surface area contributed by atoms with E-state index in [1.165, 1.54) is 12.1 Å². The first kappa shape index (κ1) is 21.8. The van der Waals surface area contributed by atoms with Crippen molar-refractivity contribution in [2.24, 2.45) is 22.8 Å². The highest BCUT2D eigenvalue weighted by Gasteiger charge is 2.27. The number of likely N-dealkylation sites (N-methyl/N-ethyl adjacent to an activating group) is 1. The van der Waals surface area contributed by atoms with Gasteiger partial charge in [-0.3, -0.25) is 9.67 Å². The van der Waals surface area contributed by atoms with Crippen LogP contribution in [0, 0.1) is 5.82 Å². The van der Waals surface area contributed by atoms with E-state index in [4.69, 9.17) is 15.8 Å². The molecule has 0 fully saturated rings. The first-order valence-electron chi connectivity index (χ1n) is 10.6. The second-order valence-electron chi connectivity index (χ2n) is 8.04. The third-order valence-electron chi connectivity index (χ3n) is 5.31. The van der Waals surface area contributed by atoms with Crippen molar-refractivity contribution in [3.8, 4) is 22.5 Å². The molecule has 8 nitrogen and oxygen atoms in total. The largest absolute Gasteiger partial charge is 0.387 e. The molecule has 0 aliphatic heterocycles. The highest BCUT2D eigenvalue weighted by molar-refractivity contribution is 5.94. The zero-order valence-corrected chi connectivity index (χ0v) is 18.6. The Morgan fingerprint density at radius 1 is 1.25 bits per heavy atom. The van der Waals surface area contributed by atoms with Gasteiger partial charge in [0.15, 0.2) is 0 Å². The van der Waals surface area contributed by atoms with Crippen LogP contribution in [0.25, 0.3) is 22.5 Å². The molecular weight excluding hydrogens is 407 g/mol. The summed E-state index contributed by atoms with van der Waals surface area (Å²) in [5, 5.41) is 4.69. The van der Waals surface area contributed by atoms with Gasteiger partial charge in [0, 0.05) is 43.6 Å². The van der Waals surface area contributed by atoms with Gasteiger partial charge in [0.05, 0.1) is 23.6 Å². The summed E-state index contributed by atoms with van der Waals surface area (Å²) in [5.41, 5.74) is 11.6. The van der Waals surface area contributed by atoms with Crippen LogP contribution < -0.4 is 5.73 Å². The summed E-state index contributed by atoms with van der Waals surface area (Å²) in [7, 11) is 5.91. The highest BCUT2D eigenvalue weighted by Crippen LogP contribution is 2.39. The monoisotopic (exact) mass is 434 g/mol. The van der Waals surface area contributed by atoms with E-state index in [1.54, 1.807) is 18.3 Å². The minimum Gasteiger partial charge on any atom is -0.387 e. The summed E-state index contributed by atoms with van der Waals surface area (Å²) in [6, 6.07) is 6.42. The third-order valence-corrected chi connectivity index (χ3v) is 5.31. The molecule has 1 aliphatic rings. The second-order valence-corrected chi connectivity index (χ2v) is 8.04. The number of benzene rings is 1. The summed E-state index contributed by atoms with van der Waals surface area (Å²) in [6.45, 7) is 1.59. The first-order valence-corrected chi connectivity index (χ1v) is 10.6. The molecule has 1 aromatic carbocycles. The molecular formula is C23H27FN8. The Balaban J connectivity index is 1.63. The van der Waals surface area contributed by atoms with Crippen LogP contribution in [0.15, 0.2) is 40.4 Å². The number of aryl methyl sites for hydroxylation is 3. The molecule has 0 spiro atoms. The molecule has 2 N–H and O–H groups in total. The van der Waals surface area contributed by atoms with E-state index in [0.29, 0.717) is 24.7 Å². The van der Waals surface area contributed by atoms with E-state index in [9.17, 15) is 4.39 Å². The van der Waals surface area contributed by atoms with E-state index in [0.717, 1.165) is 53.2 Å². The first-order chi connectivity index (χ1) is 15.4. The minimum absolute atomic E-state index is 0.273. The number of fused-ring (bicyclic) bond motifs is 3. The van der Waals surface area contributed by atoms with Gasteiger partial charge < -0.3 is 10.6 Å². The predicted molar refractivity (Wildman–Crippen MR) is 125 cm³/mol. The molecule has 0 radical (unpaired) electrons. The van der Waals surface area contributed by atoms with Crippen LogP contribution in [0.2, 0.25) is 0 Å². The predicted octanol–water partition coefficient (Wildman–Crippen LogP) is 2.79. The van der Waals surface area contributed by atoms with Gasteiger partial charge in [-0.2, -0.15) is 10.1 Å². The van der Waals surface area contributed by atoms with Gasteiger partial charge in [0.25, 0.3) is 5.95 Å².